The number of alkyl halides is 3. The van der Waals surface area contributed by atoms with Gasteiger partial charge in [0, 0.05) is 22.8 Å². The number of nitriles is 1. The van der Waals surface area contributed by atoms with Crippen molar-refractivity contribution in [3.63, 3.8) is 0 Å². The number of carbonyl (C=O) groups is 1. The van der Waals surface area contributed by atoms with Crippen LogP contribution < -0.4 is 5.32 Å². The molecule has 0 aliphatic carbocycles. The molecule has 5 nitrogen and oxygen atoms in total. The molecule has 2 N–H and O–H groups in total. The second-order valence-corrected chi connectivity index (χ2v) is 6.88. The van der Waals surface area contributed by atoms with E-state index in [1.807, 2.05) is 18.4 Å². The Bertz CT molecular complexity index is 1200. The van der Waals surface area contributed by atoms with E-state index in [0.29, 0.717) is 5.56 Å². The quantitative estimate of drug-likeness (QED) is 0.436. The number of rotatable bonds is 4. The Labute approximate surface area is 176 Å². The molecule has 3 aromatic rings. The van der Waals surface area contributed by atoms with E-state index >= 15 is 0 Å². The van der Waals surface area contributed by atoms with Crippen LogP contribution in [-0.4, -0.2) is 15.6 Å². The molecule has 0 unspecified atom stereocenters. The Morgan fingerprint density at radius 1 is 1.13 bits per heavy atom. The van der Waals surface area contributed by atoms with E-state index in [2.05, 4.69) is 5.32 Å². The van der Waals surface area contributed by atoms with Crippen molar-refractivity contribution in [3.8, 4) is 17.5 Å². The van der Waals surface area contributed by atoms with Crippen LogP contribution in [0.5, 0.6) is 5.75 Å². The molecule has 2 aromatic carbocycles. The number of carbonyl (C=O) groups excluding carboxylic acids is 1. The molecule has 0 spiro atoms. The first-order chi connectivity index (χ1) is 14.6. The SMILES string of the molecule is Cc1cc(/C=C(/C#N)C(=O)Nc2cccc(C(F)(F)F)c2)c(C)n1-c1ccc(O)cc1. The number of nitrogens with zero attached hydrogens (tertiary/aromatic N) is 2. The van der Waals surface area contributed by atoms with Crippen LogP contribution in [0.25, 0.3) is 11.8 Å². The lowest BCUT2D eigenvalue weighted by Crippen LogP contribution is -2.14. The predicted octanol–water partition coefficient (Wildman–Crippen LogP) is 5.36. The van der Waals surface area contributed by atoms with Crippen molar-refractivity contribution in [3.05, 3.63) is 82.7 Å². The minimum absolute atomic E-state index is 0.0597. The van der Waals surface area contributed by atoms with Crippen molar-refractivity contribution in [2.45, 2.75) is 20.0 Å². The number of aromatic hydroxyl groups is 1. The number of phenolic OH excluding ortho intramolecular Hbond substituents is 1. The zero-order chi connectivity index (χ0) is 22.8. The van der Waals surface area contributed by atoms with Crippen molar-refractivity contribution >= 4 is 17.7 Å². The Morgan fingerprint density at radius 3 is 2.42 bits per heavy atom. The number of phenols is 1. The molecule has 158 valence electrons. The minimum atomic E-state index is -4.54. The molecule has 0 aliphatic rings. The zero-order valence-corrected chi connectivity index (χ0v) is 16.7. The first-order valence-electron chi connectivity index (χ1n) is 9.19. The van der Waals surface area contributed by atoms with Gasteiger partial charge >= 0.3 is 6.18 Å². The molecule has 1 aromatic heterocycles. The van der Waals surface area contributed by atoms with Crippen molar-refractivity contribution < 1.29 is 23.1 Å². The van der Waals surface area contributed by atoms with Crippen LogP contribution in [0.4, 0.5) is 18.9 Å². The first-order valence-corrected chi connectivity index (χ1v) is 9.19. The van der Waals surface area contributed by atoms with Crippen LogP contribution >= 0.6 is 0 Å². The molecule has 0 saturated heterocycles. The molecule has 0 bridgehead atoms. The van der Waals surface area contributed by atoms with E-state index in [-0.39, 0.29) is 17.0 Å². The summed E-state index contributed by atoms with van der Waals surface area (Å²) in [6.45, 7) is 3.66. The van der Waals surface area contributed by atoms with E-state index in [1.165, 1.54) is 18.2 Å². The molecule has 0 fully saturated rings. The molecule has 0 aliphatic heterocycles. The normalized spacial score (nSPS) is 11.8. The molecule has 1 heterocycles. The third-order valence-electron chi connectivity index (χ3n) is 4.69. The van der Waals surface area contributed by atoms with Crippen LogP contribution in [0.15, 0.2) is 60.2 Å². The lowest BCUT2D eigenvalue weighted by Gasteiger charge is -2.10. The maximum atomic E-state index is 12.9. The van der Waals surface area contributed by atoms with E-state index in [4.69, 9.17) is 0 Å². The Hall–Kier alpha value is -3.99. The highest BCUT2D eigenvalue weighted by atomic mass is 19.4. The third kappa shape index (κ3) is 4.78. The summed E-state index contributed by atoms with van der Waals surface area (Å²) in [4.78, 5) is 12.5. The average Bonchev–Trinajstić information content (AvgIpc) is 2.99. The summed E-state index contributed by atoms with van der Waals surface area (Å²) in [6, 6.07) is 14.4. The van der Waals surface area contributed by atoms with Gasteiger partial charge in [0.1, 0.15) is 17.4 Å². The van der Waals surface area contributed by atoms with Gasteiger partial charge in [0.2, 0.25) is 0 Å². The topological polar surface area (TPSA) is 78.0 Å². The summed E-state index contributed by atoms with van der Waals surface area (Å²) < 4.78 is 40.5. The molecular weight excluding hydrogens is 407 g/mol. The molecule has 8 heteroatoms. The molecule has 0 atom stereocenters. The van der Waals surface area contributed by atoms with Gasteiger partial charge in [0.25, 0.3) is 5.91 Å². The molecule has 3 rings (SSSR count). The summed E-state index contributed by atoms with van der Waals surface area (Å²) in [5, 5.41) is 21.3. The van der Waals surface area contributed by atoms with Crippen LogP contribution in [0.2, 0.25) is 0 Å². The fraction of sp³-hybridized carbons (Fsp3) is 0.130. The fourth-order valence-corrected chi connectivity index (χ4v) is 3.21. The Morgan fingerprint density at radius 2 is 1.81 bits per heavy atom. The Balaban J connectivity index is 1.90. The molecule has 31 heavy (non-hydrogen) atoms. The van der Waals surface area contributed by atoms with Crippen LogP contribution in [0.3, 0.4) is 0 Å². The summed E-state index contributed by atoms with van der Waals surface area (Å²) in [5.41, 5.74) is 1.79. The van der Waals surface area contributed by atoms with Gasteiger partial charge in [-0.3, -0.25) is 4.79 Å². The number of nitrogens with one attached hydrogen (secondary N) is 1. The number of anilines is 1. The van der Waals surface area contributed by atoms with E-state index < -0.39 is 17.6 Å². The standard InChI is InChI=1S/C23H18F3N3O2/c1-14-10-16(15(2)29(14)20-6-8-21(30)9-7-20)11-17(13-27)22(31)28-19-5-3-4-18(12-19)23(24,25)26/h3-12,30H,1-2H3,(H,28,31)/b17-11-. The monoisotopic (exact) mass is 425 g/mol. The second-order valence-electron chi connectivity index (χ2n) is 6.88. The summed E-state index contributed by atoms with van der Waals surface area (Å²) in [5.74, 6) is -0.680. The van der Waals surface area contributed by atoms with Crippen molar-refractivity contribution in [2.24, 2.45) is 0 Å². The number of hydrogen-bond acceptors (Lipinski definition) is 3. The van der Waals surface area contributed by atoms with Gasteiger partial charge in [-0.1, -0.05) is 6.07 Å². The van der Waals surface area contributed by atoms with Gasteiger partial charge in [0.15, 0.2) is 0 Å². The van der Waals surface area contributed by atoms with Gasteiger partial charge in [-0.25, -0.2) is 0 Å². The van der Waals surface area contributed by atoms with Gasteiger partial charge in [-0.2, -0.15) is 18.4 Å². The van der Waals surface area contributed by atoms with Crippen molar-refractivity contribution in [2.75, 3.05) is 5.32 Å². The lowest BCUT2D eigenvalue weighted by molar-refractivity contribution is -0.137. The maximum Gasteiger partial charge on any atom is 0.416 e. The lowest BCUT2D eigenvalue weighted by atomic mass is 10.1. The first kappa shape index (κ1) is 21.7. The predicted molar refractivity (Wildman–Crippen MR) is 111 cm³/mol. The highest BCUT2D eigenvalue weighted by Crippen LogP contribution is 2.31. The second kappa shape index (κ2) is 8.40. The molecule has 0 saturated carbocycles. The number of amides is 1. The van der Waals surface area contributed by atoms with Gasteiger partial charge in [-0.05, 0) is 74.0 Å². The Kier molecular flexibility index (Phi) is 5.88. The maximum absolute atomic E-state index is 12.9. The summed E-state index contributed by atoms with van der Waals surface area (Å²) >= 11 is 0. The molecule has 1 amide bonds. The van der Waals surface area contributed by atoms with E-state index in [9.17, 15) is 28.3 Å². The fourth-order valence-electron chi connectivity index (χ4n) is 3.21. The summed E-state index contributed by atoms with van der Waals surface area (Å²) in [6.07, 6.45) is -3.15. The number of halogens is 3. The number of hydrogen-bond donors (Lipinski definition) is 2. The van der Waals surface area contributed by atoms with E-state index in [0.717, 1.165) is 29.2 Å². The molecule has 0 radical (unpaired) electrons. The minimum Gasteiger partial charge on any atom is -0.508 e. The number of benzene rings is 2. The van der Waals surface area contributed by atoms with Crippen LogP contribution in [0.1, 0.15) is 22.5 Å². The van der Waals surface area contributed by atoms with Gasteiger partial charge < -0.3 is 15.0 Å². The number of aryl methyl sites for hydroxylation is 1. The van der Waals surface area contributed by atoms with Gasteiger partial charge in [-0.15, -0.1) is 0 Å². The van der Waals surface area contributed by atoms with E-state index in [1.54, 1.807) is 36.4 Å². The molecular formula is C23H18F3N3O2. The zero-order valence-electron chi connectivity index (χ0n) is 16.7. The highest BCUT2D eigenvalue weighted by molar-refractivity contribution is 6.09. The van der Waals surface area contributed by atoms with Gasteiger partial charge in [0.05, 0.1) is 5.56 Å². The van der Waals surface area contributed by atoms with Crippen LogP contribution in [0, 0.1) is 25.2 Å². The number of aromatic nitrogens is 1. The summed E-state index contributed by atoms with van der Waals surface area (Å²) in [7, 11) is 0. The highest BCUT2D eigenvalue weighted by Gasteiger charge is 2.30. The average molecular weight is 425 g/mol. The largest absolute Gasteiger partial charge is 0.508 e. The third-order valence-corrected chi connectivity index (χ3v) is 4.69. The smallest absolute Gasteiger partial charge is 0.416 e. The van der Waals surface area contributed by atoms with Crippen LogP contribution in [-0.2, 0) is 11.0 Å². The van der Waals surface area contributed by atoms with Crippen molar-refractivity contribution in [1.29, 1.82) is 5.26 Å². The van der Waals surface area contributed by atoms with Crippen molar-refractivity contribution in [1.82, 2.24) is 4.57 Å².